The van der Waals surface area contributed by atoms with Crippen LogP contribution in [0.25, 0.3) is 0 Å². The molecule has 3 nitrogen and oxygen atoms in total. The largest absolute Gasteiger partial charge is 0.328 e. The fraction of sp³-hybridized carbons (Fsp3) is 1.00. The Balaban J connectivity index is 1.57. The second kappa shape index (κ2) is 4.17. The fourth-order valence-electron chi connectivity index (χ4n) is 2.06. The van der Waals surface area contributed by atoms with Crippen LogP contribution in [0.1, 0.15) is 32.6 Å². The summed E-state index contributed by atoms with van der Waals surface area (Å²) in [6, 6.07) is 0.458. The summed E-state index contributed by atoms with van der Waals surface area (Å²) in [4.78, 5) is 2.53. The van der Waals surface area contributed by atoms with Gasteiger partial charge in [0.15, 0.2) is 0 Å². The summed E-state index contributed by atoms with van der Waals surface area (Å²) in [5, 5.41) is 3.62. The first-order valence-corrected chi connectivity index (χ1v) is 5.91. The van der Waals surface area contributed by atoms with Gasteiger partial charge in [-0.2, -0.15) is 0 Å². The molecule has 0 aromatic heterocycles. The van der Waals surface area contributed by atoms with Crippen LogP contribution in [0.5, 0.6) is 0 Å². The average Bonchev–Trinajstić information content (AvgIpc) is 2.88. The van der Waals surface area contributed by atoms with E-state index >= 15 is 0 Å². The molecular formula is C11H23N3. The molecular weight excluding hydrogens is 174 g/mol. The topological polar surface area (TPSA) is 41.3 Å². The van der Waals surface area contributed by atoms with Crippen molar-refractivity contribution >= 4 is 0 Å². The summed E-state index contributed by atoms with van der Waals surface area (Å²) in [5.41, 5.74) is 6.35. The highest BCUT2D eigenvalue weighted by molar-refractivity contribution is 4.97. The van der Waals surface area contributed by atoms with Crippen LogP contribution in [0.3, 0.4) is 0 Å². The van der Waals surface area contributed by atoms with Crippen molar-refractivity contribution in [1.82, 2.24) is 10.2 Å². The van der Waals surface area contributed by atoms with Gasteiger partial charge in [0.1, 0.15) is 0 Å². The van der Waals surface area contributed by atoms with E-state index in [4.69, 9.17) is 5.73 Å². The molecule has 0 radical (unpaired) electrons. The normalized spacial score (nSPS) is 27.9. The molecule has 0 aromatic carbocycles. The van der Waals surface area contributed by atoms with Gasteiger partial charge in [-0.05, 0) is 45.7 Å². The first-order chi connectivity index (χ1) is 6.68. The van der Waals surface area contributed by atoms with Crippen LogP contribution in [0.15, 0.2) is 0 Å². The maximum absolute atomic E-state index is 5.86. The lowest BCUT2D eigenvalue weighted by Gasteiger charge is -2.30. The molecule has 0 spiro atoms. The number of rotatable bonds is 4. The molecule has 82 valence electrons. The van der Waals surface area contributed by atoms with Crippen molar-refractivity contribution in [2.75, 3.05) is 26.2 Å². The maximum Gasteiger partial charge on any atom is 0.0155 e. The minimum atomic E-state index is 0.458. The Labute approximate surface area is 87.0 Å². The number of nitrogens with zero attached hydrogens (tertiary/aromatic N) is 1. The van der Waals surface area contributed by atoms with Gasteiger partial charge in [0.25, 0.3) is 0 Å². The zero-order chi connectivity index (χ0) is 10.0. The quantitative estimate of drug-likeness (QED) is 0.691. The molecule has 14 heavy (non-hydrogen) atoms. The Hall–Kier alpha value is -0.120. The molecule has 2 aliphatic rings. The number of likely N-dealkylation sites (tertiary alicyclic amines) is 1. The van der Waals surface area contributed by atoms with Crippen LogP contribution in [-0.2, 0) is 0 Å². The SMILES string of the molecule is CC1(NCCN2CCC(N)CC2)CC1. The van der Waals surface area contributed by atoms with Crippen LogP contribution in [0, 0.1) is 0 Å². The minimum absolute atomic E-state index is 0.458. The van der Waals surface area contributed by atoms with E-state index in [9.17, 15) is 0 Å². The summed E-state index contributed by atoms with van der Waals surface area (Å²) in [5.74, 6) is 0. The standard InChI is InChI=1S/C11H23N3/c1-11(4-5-11)13-6-9-14-7-2-10(12)3-8-14/h10,13H,2-9,12H2,1H3. The number of nitrogens with two attached hydrogens (primary N) is 1. The minimum Gasteiger partial charge on any atom is -0.328 e. The van der Waals surface area contributed by atoms with Gasteiger partial charge in [-0.15, -0.1) is 0 Å². The van der Waals surface area contributed by atoms with Gasteiger partial charge in [-0.1, -0.05) is 0 Å². The molecule has 0 unspecified atom stereocenters. The molecule has 1 heterocycles. The molecule has 1 aliphatic carbocycles. The highest BCUT2D eigenvalue weighted by Gasteiger charge is 2.36. The summed E-state index contributed by atoms with van der Waals surface area (Å²) in [7, 11) is 0. The average molecular weight is 197 g/mol. The lowest BCUT2D eigenvalue weighted by Crippen LogP contribution is -2.43. The second-order valence-electron chi connectivity index (χ2n) is 5.17. The first kappa shape index (κ1) is 10.4. The summed E-state index contributed by atoms with van der Waals surface area (Å²) in [6.07, 6.45) is 5.07. The number of hydrogen-bond acceptors (Lipinski definition) is 3. The van der Waals surface area contributed by atoms with Gasteiger partial charge in [0.05, 0.1) is 0 Å². The molecule has 2 fully saturated rings. The Morgan fingerprint density at radius 3 is 2.57 bits per heavy atom. The van der Waals surface area contributed by atoms with Crippen LogP contribution in [0.4, 0.5) is 0 Å². The van der Waals surface area contributed by atoms with Gasteiger partial charge in [0.2, 0.25) is 0 Å². The zero-order valence-electron chi connectivity index (χ0n) is 9.26. The van der Waals surface area contributed by atoms with E-state index in [1.165, 1.54) is 45.3 Å². The molecule has 3 heteroatoms. The van der Waals surface area contributed by atoms with E-state index in [2.05, 4.69) is 17.1 Å². The molecule has 0 aromatic rings. The number of nitrogens with one attached hydrogen (secondary N) is 1. The Morgan fingerprint density at radius 1 is 1.36 bits per heavy atom. The van der Waals surface area contributed by atoms with E-state index in [1.807, 2.05) is 0 Å². The predicted molar refractivity (Wildman–Crippen MR) is 59.3 cm³/mol. The van der Waals surface area contributed by atoms with Gasteiger partial charge in [-0.25, -0.2) is 0 Å². The lowest BCUT2D eigenvalue weighted by atomic mass is 10.1. The van der Waals surface area contributed by atoms with Gasteiger partial charge >= 0.3 is 0 Å². The molecule has 0 atom stereocenters. The predicted octanol–water partition coefficient (Wildman–Crippen LogP) is 0.552. The molecule has 3 N–H and O–H groups in total. The molecule has 2 rings (SSSR count). The third kappa shape index (κ3) is 2.94. The van der Waals surface area contributed by atoms with Crippen molar-refractivity contribution in [3.8, 4) is 0 Å². The number of piperidine rings is 1. The molecule has 0 amide bonds. The molecule has 1 saturated carbocycles. The monoisotopic (exact) mass is 197 g/mol. The van der Waals surface area contributed by atoms with Crippen molar-refractivity contribution in [3.05, 3.63) is 0 Å². The van der Waals surface area contributed by atoms with E-state index in [0.29, 0.717) is 11.6 Å². The van der Waals surface area contributed by atoms with E-state index < -0.39 is 0 Å². The van der Waals surface area contributed by atoms with E-state index in [1.54, 1.807) is 0 Å². The fourth-order valence-corrected chi connectivity index (χ4v) is 2.06. The van der Waals surface area contributed by atoms with Gasteiger partial charge in [0, 0.05) is 24.7 Å². The lowest BCUT2D eigenvalue weighted by molar-refractivity contribution is 0.211. The Morgan fingerprint density at radius 2 is 2.00 bits per heavy atom. The Bertz CT molecular complexity index is 181. The summed E-state index contributed by atoms with van der Waals surface area (Å²) in [6.45, 7) is 7.05. The third-order valence-corrected chi connectivity index (χ3v) is 3.61. The highest BCUT2D eigenvalue weighted by atomic mass is 15.2. The van der Waals surface area contributed by atoms with Crippen LogP contribution in [-0.4, -0.2) is 42.7 Å². The van der Waals surface area contributed by atoms with E-state index in [-0.39, 0.29) is 0 Å². The smallest absolute Gasteiger partial charge is 0.0155 e. The summed E-state index contributed by atoms with van der Waals surface area (Å²) < 4.78 is 0. The highest BCUT2D eigenvalue weighted by Crippen LogP contribution is 2.33. The third-order valence-electron chi connectivity index (χ3n) is 3.61. The zero-order valence-corrected chi connectivity index (χ0v) is 9.26. The molecule has 1 aliphatic heterocycles. The van der Waals surface area contributed by atoms with Crippen molar-refractivity contribution < 1.29 is 0 Å². The second-order valence-corrected chi connectivity index (χ2v) is 5.17. The summed E-state index contributed by atoms with van der Waals surface area (Å²) >= 11 is 0. The van der Waals surface area contributed by atoms with Crippen LogP contribution >= 0.6 is 0 Å². The van der Waals surface area contributed by atoms with Gasteiger partial charge in [-0.3, -0.25) is 0 Å². The molecule has 1 saturated heterocycles. The van der Waals surface area contributed by atoms with E-state index in [0.717, 1.165) is 6.54 Å². The van der Waals surface area contributed by atoms with Crippen molar-refractivity contribution in [1.29, 1.82) is 0 Å². The van der Waals surface area contributed by atoms with Gasteiger partial charge < -0.3 is 16.0 Å². The maximum atomic E-state index is 5.86. The first-order valence-electron chi connectivity index (χ1n) is 5.91. The van der Waals surface area contributed by atoms with Crippen molar-refractivity contribution in [2.24, 2.45) is 5.73 Å². The Kier molecular flexibility index (Phi) is 3.10. The van der Waals surface area contributed by atoms with Crippen molar-refractivity contribution in [3.63, 3.8) is 0 Å². The number of hydrogen-bond donors (Lipinski definition) is 2. The molecule has 0 bridgehead atoms. The van der Waals surface area contributed by atoms with Crippen molar-refractivity contribution in [2.45, 2.75) is 44.2 Å². The van der Waals surface area contributed by atoms with Crippen LogP contribution in [0.2, 0.25) is 0 Å². The van der Waals surface area contributed by atoms with Crippen LogP contribution < -0.4 is 11.1 Å².